The van der Waals surface area contributed by atoms with Crippen molar-refractivity contribution in [2.45, 2.75) is 43.0 Å². The Morgan fingerprint density at radius 3 is 2.43 bits per heavy atom. The van der Waals surface area contributed by atoms with E-state index in [0.29, 0.717) is 18.1 Å². The van der Waals surface area contributed by atoms with Crippen molar-refractivity contribution in [3.8, 4) is 0 Å². The van der Waals surface area contributed by atoms with Gasteiger partial charge in [-0.3, -0.25) is 4.79 Å². The highest BCUT2D eigenvalue weighted by Crippen LogP contribution is 2.24. The molecule has 2 aliphatic rings. The Hall–Kier alpha value is -3.41. The van der Waals surface area contributed by atoms with Gasteiger partial charge in [0.05, 0.1) is 11.1 Å². The SMILES string of the molecule is CS(=O)(=O)c1ccc(Nc2nc(N3CCC[C@@H](NC(=O)N4CCCCC4)C3)cnc2C(N)=O)cc1. The fourth-order valence-electron chi connectivity index (χ4n) is 4.39. The second-order valence-corrected chi connectivity index (χ2v) is 11.0. The van der Waals surface area contributed by atoms with Crippen molar-refractivity contribution in [1.82, 2.24) is 20.2 Å². The molecule has 188 valence electrons. The first-order valence-electron chi connectivity index (χ1n) is 11.7. The van der Waals surface area contributed by atoms with E-state index >= 15 is 0 Å². The Kier molecular flexibility index (Phi) is 7.39. The number of hydrogen-bond acceptors (Lipinski definition) is 8. The first kappa shape index (κ1) is 24.7. The van der Waals surface area contributed by atoms with E-state index in [1.54, 1.807) is 12.1 Å². The third-order valence-corrected chi connectivity index (χ3v) is 7.38. The summed E-state index contributed by atoms with van der Waals surface area (Å²) in [6, 6.07) is 6.07. The van der Waals surface area contributed by atoms with Crippen LogP contribution < -0.4 is 21.3 Å². The Bertz CT molecular complexity index is 1180. The average Bonchev–Trinajstić information content (AvgIpc) is 2.84. The molecule has 4 N–H and O–H groups in total. The predicted octanol–water partition coefficient (Wildman–Crippen LogP) is 1.89. The van der Waals surface area contributed by atoms with Crippen LogP contribution in [0.25, 0.3) is 0 Å². The molecule has 2 saturated heterocycles. The summed E-state index contributed by atoms with van der Waals surface area (Å²) in [5, 5.41) is 6.17. The topological polar surface area (TPSA) is 151 Å². The predicted molar refractivity (Wildman–Crippen MR) is 133 cm³/mol. The van der Waals surface area contributed by atoms with Gasteiger partial charge >= 0.3 is 6.03 Å². The summed E-state index contributed by atoms with van der Waals surface area (Å²) in [6.45, 7) is 2.90. The molecule has 0 saturated carbocycles. The first-order chi connectivity index (χ1) is 16.7. The molecule has 0 bridgehead atoms. The van der Waals surface area contributed by atoms with E-state index in [9.17, 15) is 18.0 Å². The Labute approximate surface area is 205 Å². The minimum absolute atomic E-state index is 0.0178. The van der Waals surface area contributed by atoms with Crippen molar-refractivity contribution in [2.75, 3.05) is 42.7 Å². The average molecular weight is 502 g/mol. The molecule has 0 aliphatic carbocycles. The van der Waals surface area contributed by atoms with Gasteiger partial charge in [-0.1, -0.05) is 0 Å². The van der Waals surface area contributed by atoms with Crippen LogP contribution in [0, 0.1) is 0 Å². The van der Waals surface area contributed by atoms with Gasteiger partial charge in [0.2, 0.25) is 0 Å². The zero-order valence-electron chi connectivity index (χ0n) is 19.7. The van der Waals surface area contributed by atoms with Gasteiger partial charge in [-0.25, -0.2) is 23.2 Å². The number of nitrogens with two attached hydrogens (primary N) is 1. The first-order valence-corrected chi connectivity index (χ1v) is 13.6. The molecule has 3 amide bonds. The third kappa shape index (κ3) is 6.18. The van der Waals surface area contributed by atoms with E-state index in [0.717, 1.165) is 51.6 Å². The number of rotatable bonds is 6. The number of likely N-dealkylation sites (tertiary alicyclic amines) is 1. The fourth-order valence-corrected chi connectivity index (χ4v) is 5.02. The lowest BCUT2D eigenvalue weighted by Crippen LogP contribution is -2.52. The monoisotopic (exact) mass is 501 g/mol. The fraction of sp³-hybridized carbons (Fsp3) is 0.478. The zero-order chi connectivity index (χ0) is 25.0. The minimum Gasteiger partial charge on any atom is -0.364 e. The number of aromatic nitrogens is 2. The number of nitrogens with one attached hydrogen (secondary N) is 2. The summed E-state index contributed by atoms with van der Waals surface area (Å²) >= 11 is 0. The molecule has 2 aliphatic heterocycles. The molecular formula is C23H31N7O4S. The van der Waals surface area contributed by atoms with Crippen LogP contribution in [0.5, 0.6) is 0 Å². The van der Waals surface area contributed by atoms with E-state index in [1.165, 1.54) is 24.8 Å². The van der Waals surface area contributed by atoms with Gasteiger partial charge < -0.3 is 26.2 Å². The van der Waals surface area contributed by atoms with E-state index in [-0.39, 0.29) is 28.5 Å². The van der Waals surface area contributed by atoms with Gasteiger partial charge in [-0.2, -0.15) is 0 Å². The van der Waals surface area contributed by atoms with Gasteiger partial charge in [0, 0.05) is 44.2 Å². The molecule has 4 rings (SSSR count). The van der Waals surface area contributed by atoms with Crippen LogP contribution in [0.1, 0.15) is 42.6 Å². The molecule has 11 nitrogen and oxygen atoms in total. The third-order valence-electron chi connectivity index (χ3n) is 6.25. The van der Waals surface area contributed by atoms with Crippen LogP contribution in [-0.4, -0.2) is 73.7 Å². The number of carbonyl (C=O) groups is 2. The van der Waals surface area contributed by atoms with E-state index < -0.39 is 15.7 Å². The van der Waals surface area contributed by atoms with Crippen molar-refractivity contribution in [3.63, 3.8) is 0 Å². The Morgan fingerprint density at radius 2 is 1.77 bits per heavy atom. The van der Waals surface area contributed by atoms with Crippen LogP contribution in [-0.2, 0) is 9.84 Å². The van der Waals surface area contributed by atoms with E-state index in [4.69, 9.17) is 5.73 Å². The van der Waals surface area contributed by atoms with Crippen LogP contribution in [0.3, 0.4) is 0 Å². The molecule has 1 atom stereocenters. The van der Waals surface area contributed by atoms with Crippen molar-refractivity contribution < 1.29 is 18.0 Å². The summed E-state index contributed by atoms with van der Waals surface area (Å²) in [5.41, 5.74) is 6.02. The number of sulfone groups is 1. The van der Waals surface area contributed by atoms with Crippen molar-refractivity contribution in [2.24, 2.45) is 5.73 Å². The number of anilines is 3. The number of amides is 3. The summed E-state index contributed by atoms with van der Waals surface area (Å²) < 4.78 is 23.4. The van der Waals surface area contributed by atoms with Crippen LogP contribution in [0.4, 0.5) is 22.1 Å². The van der Waals surface area contributed by atoms with Gasteiger partial charge in [0.25, 0.3) is 5.91 Å². The smallest absolute Gasteiger partial charge is 0.317 e. The van der Waals surface area contributed by atoms with Gasteiger partial charge in [0.15, 0.2) is 21.3 Å². The molecule has 0 unspecified atom stereocenters. The Balaban J connectivity index is 1.49. The quantitative estimate of drug-likeness (QED) is 0.543. The molecular weight excluding hydrogens is 470 g/mol. The van der Waals surface area contributed by atoms with Crippen LogP contribution in [0.15, 0.2) is 35.4 Å². The number of hydrogen-bond donors (Lipinski definition) is 3. The highest BCUT2D eigenvalue weighted by atomic mass is 32.2. The summed E-state index contributed by atoms with van der Waals surface area (Å²) in [4.78, 5) is 37.5. The van der Waals surface area contributed by atoms with Crippen molar-refractivity contribution in [1.29, 1.82) is 0 Å². The summed E-state index contributed by atoms with van der Waals surface area (Å²) in [6.07, 6.45) is 7.64. The second kappa shape index (κ2) is 10.5. The molecule has 1 aromatic carbocycles. The highest BCUT2D eigenvalue weighted by molar-refractivity contribution is 7.90. The zero-order valence-corrected chi connectivity index (χ0v) is 20.6. The normalized spacial score (nSPS) is 18.7. The van der Waals surface area contributed by atoms with Gasteiger partial charge in [-0.15, -0.1) is 0 Å². The standard InChI is InChI=1S/C23H31N7O4S/c1-35(33,34)18-9-7-16(8-10-18)26-22-20(21(24)31)25-14-19(28-22)30-13-5-6-17(15-30)27-23(32)29-11-3-2-4-12-29/h7-10,14,17H,2-6,11-13,15H2,1H3,(H2,24,31)(H,26,28)(H,27,32)/t17-/m1/s1. The number of nitrogens with zero attached hydrogens (tertiary/aromatic N) is 4. The van der Waals surface area contributed by atoms with Gasteiger partial charge in [0.1, 0.15) is 5.82 Å². The molecule has 35 heavy (non-hydrogen) atoms. The maximum Gasteiger partial charge on any atom is 0.317 e. The number of benzene rings is 1. The maximum atomic E-state index is 12.6. The second-order valence-electron chi connectivity index (χ2n) is 8.99. The maximum absolute atomic E-state index is 12.6. The lowest BCUT2D eigenvalue weighted by molar-refractivity contribution is 0.0996. The van der Waals surface area contributed by atoms with E-state index in [2.05, 4.69) is 20.6 Å². The largest absolute Gasteiger partial charge is 0.364 e. The molecule has 2 fully saturated rings. The van der Waals surface area contributed by atoms with Gasteiger partial charge in [-0.05, 0) is 56.4 Å². The highest BCUT2D eigenvalue weighted by Gasteiger charge is 2.26. The van der Waals surface area contributed by atoms with Crippen LogP contribution >= 0.6 is 0 Å². The summed E-state index contributed by atoms with van der Waals surface area (Å²) in [7, 11) is -3.33. The molecule has 0 radical (unpaired) electrons. The number of carbonyl (C=O) groups excluding carboxylic acids is 2. The van der Waals surface area contributed by atoms with E-state index in [1.807, 2.05) is 9.80 Å². The number of urea groups is 1. The summed E-state index contributed by atoms with van der Waals surface area (Å²) in [5.74, 6) is 0.00776. The van der Waals surface area contributed by atoms with Crippen molar-refractivity contribution in [3.05, 3.63) is 36.2 Å². The number of piperidine rings is 2. The molecule has 3 heterocycles. The molecule has 0 spiro atoms. The van der Waals surface area contributed by atoms with Crippen molar-refractivity contribution >= 4 is 39.1 Å². The van der Waals surface area contributed by atoms with Crippen LogP contribution in [0.2, 0.25) is 0 Å². The Morgan fingerprint density at radius 1 is 1.06 bits per heavy atom. The molecule has 2 aromatic rings. The molecule has 1 aromatic heterocycles. The lowest BCUT2D eigenvalue weighted by atomic mass is 10.1. The lowest BCUT2D eigenvalue weighted by Gasteiger charge is -2.36. The molecule has 12 heteroatoms. The number of primary amides is 1. The minimum atomic E-state index is -3.33.